The van der Waals surface area contributed by atoms with E-state index in [2.05, 4.69) is 27.5 Å². The minimum atomic E-state index is -0.200. The molecule has 0 atom stereocenters. The van der Waals surface area contributed by atoms with Gasteiger partial charge in [-0.3, -0.25) is 9.78 Å². The lowest BCUT2D eigenvalue weighted by Crippen LogP contribution is -2.36. The van der Waals surface area contributed by atoms with E-state index in [4.69, 9.17) is 12.2 Å². The number of carbonyl (C=O) groups excluding carboxylic acids is 1. The largest absolute Gasteiger partial charge is 0.361 e. The van der Waals surface area contributed by atoms with Crippen LogP contribution in [-0.2, 0) is 4.79 Å². The molecule has 6 heteroatoms. The second-order valence-corrected chi connectivity index (χ2v) is 4.66. The number of aromatic nitrogens is 1. The fourth-order valence-corrected chi connectivity index (χ4v) is 2.02. The molecule has 0 radical (unpaired) electrons. The Morgan fingerprint density at radius 2 is 2.00 bits per heavy atom. The molecule has 0 aliphatic carbocycles. The molecular formula is C15H16N4OS. The third kappa shape index (κ3) is 4.25. The quantitative estimate of drug-likeness (QED) is 0.446. The van der Waals surface area contributed by atoms with E-state index >= 15 is 0 Å². The average Bonchev–Trinajstić information content (AvgIpc) is 2.51. The molecule has 1 aromatic carbocycles. The summed E-state index contributed by atoms with van der Waals surface area (Å²) < 4.78 is 0. The van der Waals surface area contributed by atoms with E-state index in [1.54, 1.807) is 6.20 Å². The minimum absolute atomic E-state index is 0.200. The zero-order valence-electron chi connectivity index (χ0n) is 11.4. The number of benzene rings is 1. The van der Waals surface area contributed by atoms with Crippen molar-refractivity contribution >= 4 is 39.8 Å². The Bertz CT molecular complexity index is 666. The predicted octanol–water partition coefficient (Wildman–Crippen LogP) is 1.82. The molecule has 108 valence electrons. The lowest BCUT2D eigenvalue weighted by Gasteiger charge is -2.12. The summed E-state index contributed by atoms with van der Waals surface area (Å²) >= 11 is 5.22. The van der Waals surface area contributed by atoms with Crippen LogP contribution in [0.2, 0.25) is 0 Å². The third-order valence-electron chi connectivity index (χ3n) is 2.78. The van der Waals surface area contributed by atoms with Crippen molar-refractivity contribution in [2.45, 2.75) is 0 Å². The van der Waals surface area contributed by atoms with E-state index in [0.717, 1.165) is 16.6 Å². The number of fused-ring (bicyclic) bond motifs is 1. The Labute approximate surface area is 128 Å². The highest BCUT2D eigenvalue weighted by Gasteiger charge is 2.03. The summed E-state index contributed by atoms with van der Waals surface area (Å²) in [6, 6.07) is 9.75. The van der Waals surface area contributed by atoms with E-state index in [9.17, 15) is 4.79 Å². The highest BCUT2D eigenvalue weighted by atomic mass is 32.1. The Balaban J connectivity index is 1.90. The molecule has 21 heavy (non-hydrogen) atoms. The van der Waals surface area contributed by atoms with Gasteiger partial charge in [0.1, 0.15) is 0 Å². The molecule has 5 nitrogen and oxygen atoms in total. The van der Waals surface area contributed by atoms with Gasteiger partial charge in [-0.25, -0.2) is 0 Å². The molecular weight excluding hydrogens is 284 g/mol. The maximum Gasteiger partial charge on any atom is 0.243 e. The van der Waals surface area contributed by atoms with Crippen molar-refractivity contribution in [2.24, 2.45) is 0 Å². The molecule has 0 bridgehead atoms. The minimum Gasteiger partial charge on any atom is -0.361 e. The number of carbonyl (C=O) groups is 1. The van der Waals surface area contributed by atoms with Gasteiger partial charge in [0.05, 0.1) is 11.2 Å². The number of nitrogens with zero attached hydrogens (tertiary/aromatic N) is 1. The number of pyridine rings is 1. The summed E-state index contributed by atoms with van der Waals surface area (Å²) in [4.78, 5) is 15.3. The number of hydrogen-bond acceptors (Lipinski definition) is 3. The SMILES string of the molecule is C=CC(=O)NCCNC(=S)Nc1cccc2cccnc12. The number of thiocarbonyl (C=S) groups is 1. The van der Waals surface area contributed by atoms with Crippen molar-refractivity contribution in [3.63, 3.8) is 0 Å². The first-order valence-corrected chi connectivity index (χ1v) is 6.90. The van der Waals surface area contributed by atoms with Crippen molar-refractivity contribution < 1.29 is 4.79 Å². The van der Waals surface area contributed by atoms with Crippen molar-refractivity contribution in [2.75, 3.05) is 18.4 Å². The summed E-state index contributed by atoms with van der Waals surface area (Å²) in [5, 5.41) is 10.3. The van der Waals surface area contributed by atoms with Crippen molar-refractivity contribution in [1.82, 2.24) is 15.6 Å². The maximum absolute atomic E-state index is 11.0. The van der Waals surface area contributed by atoms with Gasteiger partial charge in [0.15, 0.2) is 5.11 Å². The molecule has 1 amide bonds. The average molecular weight is 300 g/mol. The summed E-state index contributed by atoms with van der Waals surface area (Å²) in [5.74, 6) is -0.200. The van der Waals surface area contributed by atoms with Gasteiger partial charge in [0.2, 0.25) is 5.91 Å². The Morgan fingerprint density at radius 3 is 2.81 bits per heavy atom. The predicted molar refractivity (Wildman–Crippen MR) is 89.2 cm³/mol. The lowest BCUT2D eigenvalue weighted by atomic mass is 10.2. The molecule has 0 saturated heterocycles. The highest BCUT2D eigenvalue weighted by Crippen LogP contribution is 2.20. The van der Waals surface area contributed by atoms with Gasteiger partial charge in [0, 0.05) is 24.7 Å². The van der Waals surface area contributed by atoms with Crippen LogP contribution in [0.3, 0.4) is 0 Å². The van der Waals surface area contributed by atoms with Crippen LogP contribution in [0.15, 0.2) is 49.2 Å². The molecule has 0 spiro atoms. The third-order valence-corrected chi connectivity index (χ3v) is 3.02. The zero-order valence-corrected chi connectivity index (χ0v) is 12.2. The number of rotatable bonds is 5. The number of nitrogens with one attached hydrogen (secondary N) is 3. The molecule has 1 heterocycles. The standard InChI is InChI=1S/C15H16N4OS/c1-2-13(20)16-9-10-18-15(21)19-12-7-3-5-11-6-4-8-17-14(11)12/h2-8H,1,9-10H2,(H,16,20)(H2,18,19,21). The molecule has 0 saturated carbocycles. The first-order valence-electron chi connectivity index (χ1n) is 6.49. The summed E-state index contributed by atoms with van der Waals surface area (Å²) in [7, 11) is 0. The Morgan fingerprint density at radius 1 is 1.24 bits per heavy atom. The van der Waals surface area contributed by atoms with E-state index in [-0.39, 0.29) is 5.91 Å². The number of para-hydroxylation sites is 1. The van der Waals surface area contributed by atoms with E-state index < -0.39 is 0 Å². The molecule has 2 aromatic rings. The molecule has 0 fully saturated rings. The summed E-state index contributed by atoms with van der Waals surface area (Å²) in [6.45, 7) is 4.39. The van der Waals surface area contributed by atoms with Crippen LogP contribution in [0.4, 0.5) is 5.69 Å². The number of anilines is 1. The maximum atomic E-state index is 11.0. The first kappa shape index (κ1) is 14.9. The molecule has 0 unspecified atom stereocenters. The van der Waals surface area contributed by atoms with Crippen LogP contribution in [-0.4, -0.2) is 29.1 Å². The first-order chi connectivity index (χ1) is 10.2. The molecule has 2 rings (SSSR count). The fourth-order valence-electron chi connectivity index (χ4n) is 1.81. The second kappa shape index (κ2) is 7.35. The van der Waals surface area contributed by atoms with Gasteiger partial charge in [-0.05, 0) is 30.4 Å². The van der Waals surface area contributed by atoms with Gasteiger partial charge in [0.25, 0.3) is 0 Å². The van der Waals surface area contributed by atoms with Crippen LogP contribution < -0.4 is 16.0 Å². The normalized spacial score (nSPS) is 9.90. The van der Waals surface area contributed by atoms with E-state index in [1.807, 2.05) is 30.3 Å². The van der Waals surface area contributed by atoms with Gasteiger partial charge < -0.3 is 16.0 Å². The van der Waals surface area contributed by atoms with E-state index in [1.165, 1.54) is 6.08 Å². The Hall–Kier alpha value is -2.47. The number of amides is 1. The van der Waals surface area contributed by atoms with Crippen molar-refractivity contribution in [3.05, 3.63) is 49.2 Å². The monoisotopic (exact) mass is 300 g/mol. The zero-order chi connectivity index (χ0) is 15.1. The Kier molecular flexibility index (Phi) is 5.22. The van der Waals surface area contributed by atoms with Crippen molar-refractivity contribution in [1.29, 1.82) is 0 Å². The second-order valence-electron chi connectivity index (χ2n) is 4.26. The van der Waals surface area contributed by atoms with Crippen LogP contribution in [0.5, 0.6) is 0 Å². The summed E-state index contributed by atoms with van der Waals surface area (Å²) in [6.07, 6.45) is 2.98. The molecule has 0 aliphatic heterocycles. The van der Waals surface area contributed by atoms with Gasteiger partial charge >= 0.3 is 0 Å². The smallest absolute Gasteiger partial charge is 0.243 e. The van der Waals surface area contributed by atoms with Gasteiger partial charge in [-0.2, -0.15) is 0 Å². The van der Waals surface area contributed by atoms with Gasteiger partial charge in [-0.1, -0.05) is 24.8 Å². The lowest BCUT2D eigenvalue weighted by molar-refractivity contribution is -0.116. The summed E-state index contributed by atoms with van der Waals surface area (Å²) in [5.41, 5.74) is 1.71. The van der Waals surface area contributed by atoms with Crippen LogP contribution in [0.1, 0.15) is 0 Å². The molecule has 3 N–H and O–H groups in total. The van der Waals surface area contributed by atoms with Crippen LogP contribution in [0, 0.1) is 0 Å². The molecule has 0 aliphatic rings. The molecule has 1 aromatic heterocycles. The van der Waals surface area contributed by atoms with Crippen LogP contribution >= 0.6 is 12.2 Å². The fraction of sp³-hybridized carbons (Fsp3) is 0.133. The highest BCUT2D eigenvalue weighted by molar-refractivity contribution is 7.80. The van der Waals surface area contributed by atoms with E-state index in [0.29, 0.717) is 18.2 Å². The van der Waals surface area contributed by atoms with Crippen molar-refractivity contribution in [3.8, 4) is 0 Å². The van der Waals surface area contributed by atoms with Gasteiger partial charge in [-0.15, -0.1) is 0 Å². The van der Waals surface area contributed by atoms with Crippen LogP contribution in [0.25, 0.3) is 10.9 Å². The topological polar surface area (TPSA) is 66.1 Å². The number of hydrogen-bond donors (Lipinski definition) is 3.